The summed E-state index contributed by atoms with van der Waals surface area (Å²) in [6, 6.07) is 3.45. The van der Waals surface area contributed by atoms with Gasteiger partial charge in [-0.3, -0.25) is 9.59 Å². The van der Waals surface area contributed by atoms with E-state index in [1.165, 1.54) is 0 Å². The standard InChI is InChI=1S/C17H24N2O4/c1-10(2)16-13(22-3)7-11(8-14(16)23-4)17(21)18-9-12-5-6-15(20)19-12/h7-8,10,12H,5-6,9H2,1-4H3,(H,18,21)(H,19,20)/t12-/m1/s1. The number of hydrogen-bond acceptors (Lipinski definition) is 4. The highest BCUT2D eigenvalue weighted by atomic mass is 16.5. The molecule has 126 valence electrons. The van der Waals surface area contributed by atoms with Gasteiger partial charge in [0.2, 0.25) is 5.91 Å². The Bertz CT molecular complexity index is 573. The third kappa shape index (κ3) is 3.94. The Labute approximate surface area is 136 Å². The quantitative estimate of drug-likeness (QED) is 0.838. The van der Waals surface area contributed by atoms with Crippen LogP contribution in [0.15, 0.2) is 12.1 Å². The second-order valence-electron chi connectivity index (χ2n) is 5.96. The Morgan fingerprint density at radius 1 is 1.30 bits per heavy atom. The summed E-state index contributed by atoms with van der Waals surface area (Å²) in [5.41, 5.74) is 1.42. The molecule has 1 saturated heterocycles. The number of hydrogen-bond donors (Lipinski definition) is 2. The number of amides is 2. The second-order valence-corrected chi connectivity index (χ2v) is 5.96. The van der Waals surface area contributed by atoms with Gasteiger partial charge in [-0.05, 0) is 24.5 Å². The molecule has 0 saturated carbocycles. The summed E-state index contributed by atoms with van der Waals surface area (Å²) in [4.78, 5) is 23.5. The Morgan fingerprint density at radius 3 is 2.35 bits per heavy atom. The van der Waals surface area contributed by atoms with Gasteiger partial charge in [-0.25, -0.2) is 0 Å². The molecule has 0 spiro atoms. The van der Waals surface area contributed by atoms with E-state index in [9.17, 15) is 9.59 Å². The van der Waals surface area contributed by atoms with Gasteiger partial charge in [-0.2, -0.15) is 0 Å². The molecule has 0 bridgehead atoms. The summed E-state index contributed by atoms with van der Waals surface area (Å²) in [5.74, 6) is 1.31. The first-order valence-corrected chi connectivity index (χ1v) is 7.79. The van der Waals surface area contributed by atoms with E-state index in [2.05, 4.69) is 10.6 Å². The van der Waals surface area contributed by atoms with Crippen LogP contribution in [0.2, 0.25) is 0 Å². The first-order valence-electron chi connectivity index (χ1n) is 7.79. The lowest BCUT2D eigenvalue weighted by Gasteiger charge is -2.18. The number of benzene rings is 1. The van der Waals surface area contributed by atoms with E-state index < -0.39 is 0 Å². The molecule has 6 nitrogen and oxygen atoms in total. The highest BCUT2D eigenvalue weighted by Gasteiger charge is 2.22. The largest absolute Gasteiger partial charge is 0.496 e. The van der Waals surface area contributed by atoms with Gasteiger partial charge in [0.05, 0.1) is 14.2 Å². The van der Waals surface area contributed by atoms with E-state index in [4.69, 9.17) is 9.47 Å². The zero-order chi connectivity index (χ0) is 17.0. The average Bonchev–Trinajstić information content (AvgIpc) is 2.96. The molecule has 1 fully saturated rings. The molecule has 1 aromatic carbocycles. The molecular weight excluding hydrogens is 296 g/mol. The predicted octanol–water partition coefficient (Wildman–Crippen LogP) is 1.84. The Kier molecular flexibility index (Phi) is 5.47. The third-order valence-electron chi connectivity index (χ3n) is 3.98. The topological polar surface area (TPSA) is 76.7 Å². The van der Waals surface area contributed by atoms with Crippen molar-refractivity contribution in [2.24, 2.45) is 0 Å². The lowest BCUT2D eigenvalue weighted by Crippen LogP contribution is -2.38. The minimum absolute atomic E-state index is 0.00479. The summed E-state index contributed by atoms with van der Waals surface area (Å²) in [6.45, 7) is 4.51. The van der Waals surface area contributed by atoms with Crippen LogP contribution >= 0.6 is 0 Å². The van der Waals surface area contributed by atoms with Gasteiger partial charge in [0.15, 0.2) is 0 Å². The summed E-state index contributed by atoms with van der Waals surface area (Å²) in [7, 11) is 3.16. The lowest BCUT2D eigenvalue weighted by atomic mass is 9.98. The predicted molar refractivity (Wildman–Crippen MR) is 87.1 cm³/mol. The van der Waals surface area contributed by atoms with E-state index in [0.29, 0.717) is 30.0 Å². The van der Waals surface area contributed by atoms with Gasteiger partial charge in [-0.15, -0.1) is 0 Å². The smallest absolute Gasteiger partial charge is 0.251 e. The third-order valence-corrected chi connectivity index (χ3v) is 3.98. The molecule has 23 heavy (non-hydrogen) atoms. The number of ether oxygens (including phenoxy) is 2. The van der Waals surface area contributed by atoms with Crippen molar-refractivity contribution in [3.8, 4) is 11.5 Å². The van der Waals surface area contributed by atoms with Crippen LogP contribution in [-0.4, -0.2) is 38.6 Å². The molecule has 1 aliphatic heterocycles. The summed E-state index contributed by atoms with van der Waals surface area (Å²) in [5, 5.41) is 5.67. The maximum absolute atomic E-state index is 12.4. The molecule has 1 atom stereocenters. The molecule has 1 heterocycles. The van der Waals surface area contributed by atoms with Crippen molar-refractivity contribution in [1.29, 1.82) is 0 Å². The molecule has 0 unspecified atom stereocenters. The summed E-state index contributed by atoms with van der Waals surface area (Å²) < 4.78 is 10.8. The van der Waals surface area contributed by atoms with Crippen LogP contribution in [0.3, 0.4) is 0 Å². The molecule has 2 N–H and O–H groups in total. The molecule has 0 radical (unpaired) electrons. The molecule has 1 aromatic rings. The van der Waals surface area contributed by atoms with E-state index in [-0.39, 0.29) is 23.8 Å². The zero-order valence-corrected chi connectivity index (χ0v) is 14.1. The summed E-state index contributed by atoms with van der Waals surface area (Å²) >= 11 is 0. The van der Waals surface area contributed by atoms with E-state index in [1.54, 1.807) is 26.4 Å². The second kappa shape index (κ2) is 7.35. The maximum Gasteiger partial charge on any atom is 0.251 e. The van der Waals surface area contributed by atoms with Crippen molar-refractivity contribution in [3.05, 3.63) is 23.3 Å². The van der Waals surface area contributed by atoms with Crippen LogP contribution in [-0.2, 0) is 4.79 Å². The van der Waals surface area contributed by atoms with Crippen LogP contribution < -0.4 is 20.1 Å². The van der Waals surface area contributed by atoms with Crippen molar-refractivity contribution in [1.82, 2.24) is 10.6 Å². The normalized spacial score (nSPS) is 17.1. The summed E-state index contributed by atoms with van der Waals surface area (Å²) in [6.07, 6.45) is 1.27. The fraction of sp³-hybridized carbons (Fsp3) is 0.529. The molecule has 6 heteroatoms. The van der Waals surface area contributed by atoms with Crippen molar-refractivity contribution in [2.75, 3.05) is 20.8 Å². The molecule has 0 aromatic heterocycles. The van der Waals surface area contributed by atoms with Gasteiger partial charge in [-0.1, -0.05) is 13.8 Å². The molecular formula is C17H24N2O4. The fourth-order valence-electron chi connectivity index (χ4n) is 2.79. The van der Waals surface area contributed by atoms with Crippen LogP contribution in [0.4, 0.5) is 0 Å². The Morgan fingerprint density at radius 2 is 1.91 bits per heavy atom. The number of methoxy groups -OCH3 is 2. The van der Waals surface area contributed by atoms with Gasteiger partial charge in [0, 0.05) is 30.1 Å². The SMILES string of the molecule is COc1cc(C(=O)NC[C@H]2CCC(=O)N2)cc(OC)c1C(C)C. The number of nitrogens with one attached hydrogen (secondary N) is 2. The van der Waals surface area contributed by atoms with Gasteiger partial charge < -0.3 is 20.1 Å². The highest BCUT2D eigenvalue weighted by molar-refractivity contribution is 5.95. The monoisotopic (exact) mass is 320 g/mol. The van der Waals surface area contributed by atoms with Crippen molar-refractivity contribution in [3.63, 3.8) is 0 Å². The average molecular weight is 320 g/mol. The van der Waals surface area contributed by atoms with Crippen LogP contribution in [0, 0.1) is 0 Å². The fourth-order valence-corrected chi connectivity index (χ4v) is 2.79. The molecule has 0 aliphatic carbocycles. The number of rotatable bonds is 6. The Hall–Kier alpha value is -2.24. The molecule has 1 aliphatic rings. The minimum atomic E-state index is -0.210. The van der Waals surface area contributed by atoms with Crippen LogP contribution in [0.1, 0.15) is 48.5 Å². The first-order chi connectivity index (χ1) is 11.0. The van der Waals surface area contributed by atoms with Gasteiger partial charge in [0.25, 0.3) is 5.91 Å². The van der Waals surface area contributed by atoms with E-state index >= 15 is 0 Å². The van der Waals surface area contributed by atoms with Crippen molar-refractivity contribution < 1.29 is 19.1 Å². The first kappa shape index (κ1) is 17.1. The van der Waals surface area contributed by atoms with Gasteiger partial charge in [0.1, 0.15) is 11.5 Å². The number of carbonyl (C=O) groups is 2. The molecule has 2 amide bonds. The number of carbonyl (C=O) groups excluding carboxylic acids is 2. The van der Waals surface area contributed by atoms with Crippen LogP contribution in [0.5, 0.6) is 11.5 Å². The maximum atomic E-state index is 12.4. The highest BCUT2D eigenvalue weighted by Crippen LogP contribution is 2.36. The molecule has 2 rings (SSSR count). The van der Waals surface area contributed by atoms with Crippen molar-refractivity contribution >= 4 is 11.8 Å². The van der Waals surface area contributed by atoms with E-state index in [1.807, 2.05) is 13.8 Å². The van der Waals surface area contributed by atoms with Gasteiger partial charge >= 0.3 is 0 Å². The van der Waals surface area contributed by atoms with E-state index in [0.717, 1.165) is 12.0 Å². The minimum Gasteiger partial charge on any atom is -0.496 e. The zero-order valence-electron chi connectivity index (χ0n) is 14.1. The van der Waals surface area contributed by atoms with Crippen LogP contribution in [0.25, 0.3) is 0 Å². The Balaban J connectivity index is 2.15. The van der Waals surface area contributed by atoms with Crippen molar-refractivity contribution in [2.45, 2.75) is 38.6 Å². The lowest BCUT2D eigenvalue weighted by molar-refractivity contribution is -0.119.